The monoisotopic (exact) mass is 333 g/mol. The Labute approximate surface area is 138 Å². The van der Waals surface area contributed by atoms with Gasteiger partial charge in [-0.2, -0.15) is 0 Å². The first kappa shape index (κ1) is 16.2. The van der Waals surface area contributed by atoms with Crippen LogP contribution in [0.25, 0.3) is 0 Å². The zero-order valence-corrected chi connectivity index (χ0v) is 13.4. The van der Waals surface area contributed by atoms with Crippen molar-refractivity contribution in [1.82, 2.24) is 24.9 Å². The summed E-state index contributed by atoms with van der Waals surface area (Å²) in [5.74, 6) is -0.414. The van der Waals surface area contributed by atoms with E-state index in [0.717, 1.165) is 12.8 Å². The van der Waals surface area contributed by atoms with E-state index in [2.05, 4.69) is 15.3 Å². The van der Waals surface area contributed by atoms with Gasteiger partial charge in [0, 0.05) is 26.1 Å². The van der Waals surface area contributed by atoms with Crippen LogP contribution in [0.1, 0.15) is 46.5 Å². The lowest BCUT2D eigenvalue weighted by molar-refractivity contribution is 0.0651. The van der Waals surface area contributed by atoms with Gasteiger partial charge in [-0.15, -0.1) is 5.10 Å². The predicted molar refractivity (Wildman–Crippen MR) is 81.5 cm³/mol. The summed E-state index contributed by atoms with van der Waals surface area (Å²) in [5, 5.41) is 16.3. The van der Waals surface area contributed by atoms with Crippen LogP contribution in [0.3, 0.4) is 0 Å². The van der Waals surface area contributed by atoms with Crippen molar-refractivity contribution in [3.63, 3.8) is 0 Å². The summed E-state index contributed by atoms with van der Waals surface area (Å²) in [4.78, 5) is 29.3. The van der Waals surface area contributed by atoms with Gasteiger partial charge >= 0.3 is 5.97 Å². The maximum absolute atomic E-state index is 12.6. The van der Waals surface area contributed by atoms with Crippen LogP contribution in [0, 0.1) is 5.92 Å². The molecular formula is C15H19N5O4. The number of aryl methyl sites for hydroxylation is 1. The Hall–Kier alpha value is -2.71. The third kappa shape index (κ3) is 3.29. The molecule has 1 aliphatic heterocycles. The van der Waals surface area contributed by atoms with Crippen molar-refractivity contribution in [2.24, 2.45) is 5.92 Å². The van der Waals surface area contributed by atoms with Crippen molar-refractivity contribution in [1.29, 1.82) is 0 Å². The van der Waals surface area contributed by atoms with E-state index in [1.807, 2.05) is 6.92 Å². The number of carboxylic acids is 1. The van der Waals surface area contributed by atoms with Crippen molar-refractivity contribution in [2.45, 2.75) is 32.7 Å². The van der Waals surface area contributed by atoms with E-state index in [-0.39, 0.29) is 17.5 Å². The molecule has 0 radical (unpaired) electrons. The van der Waals surface area contributed by atoms with Gasteiger partial charge in [-0.05, 0) is 18.8 Å². The fourth-order valence-corrected chi connectivity index (χ4v) is 2.99. The van der Waals surface area contributed by atoms with Crippen molar-refractivity contribution >= 4 is 11.9 Å². The van der Waals surface area contributed by atoms with Crippen LogP contribution < -0.4 is 0 Å². The molecule has 0 unspecified atom stereocenters. The number of piperidine rings is 1. The molecule has 0 aliphatic carbocycles. The fourth-order valence-electron chi connectivity index (χ4n) is 2.99. The highest BCUT2D eigenvalue weighted by Gasteiger charge is 2.28. The van der Waals surface area contributed by atoms with Crippen LogP contribution >= 0.6 is 0 Å². The molecule has 0 aromatic carbocycles. The molecule has 128 valence electrons. The molecule has 3 rings (SSSR count). The minimum Gasteiger partial charge on any atom is -0.476 e. The number of nitrogens with zero attached hydrogens (tertiary/aromatic N) is 5. The molecule has 1 N–H and O–H groups in total. The topological polar surface area (TPSA) is 114 Å². The summed E-state index contributed by atoms with van der Waals surface area (Å²) in [6.07, 6.45) is 5.17. The second-order valence-corrected chi connectivity index (χ2v) is 5.87. The summed E-state index contributed by atoms with van der Waals surface area (Å²) in [6.45, 7) is 3.71. The van der Waals surface area contributed by atoms with Gasteiger partial charge in [0.25, 0.3) is 5.91 Å². The molecule has 1 atom stereocenters. The van der Waals surface area contributed by atoms with E-state index in [1.165, 1.54) is 17.3 Å². The normalized spacial score (nSPS) is 17.9. The fraction of sp³-hybridized carbons (Fsp3) is 0.533. The molecule has 1 saturated heterocycles. The van der Waals surface area contributed by atoms with Crippen LogP contribution in [0.4, 0.5) is 0 Å². The van der Waals surface area contributed by atoms with E-state index in [0.29, 0.717) is 37.5 Å². The van der Waals surface area contributed by atoms with Crippen LogP contribution in [0.5, 0.6) is 0 Å². The Bertz CT molecular complexity index is 738. The van der Waals surface area contributed by atoms with Gasteiger partial charge < -0.3 is 14.4 Å². The minimum absolute atomic E-state index is 0.0751. The lowest BCUT2D eigenvalue weighted by atomic mass is 9.97. The molecule has 1 aliphatic rings. The predicted octanol–water partition coefficient (Wildman–Crippen LogP) is 1.08. The number of carboxylic acid groups (broad SMARTS) is 1. The Balaban J connectivity index is 1.65. The third-order valence-electron chi connectivity index (χ3n) is 4.17. The highest BCUT2D eigenvalue weighted by Crippen LogP contribution is 2.21. The number of aromatic carboxylic acids is 1. The molecule has 0 spiro atoms. The lowest BCUT2D eigenvalue weighted by Crippen LogP contribution is -2.41. The van der Waals surface area contributed by atoms with Crippen LogP contribution in [0.2, 0.25) is 0 Å². The molecule has 1 amide bonds. The summed E-state index contributed by atoms with van der Waals surface area (Å²) in [7, 11) is 0. The smallest absolute Gasteiger partial charge is 0.358 e. The van der Waals surface area contributed by atoms with Gasteiger partial charge in [-0.3, -0.25) is 9.48 Å². The number of carbonyl (C=O) groups excluding carboxylic acids is 1. The van der Waals surface area contributed by atoms with E-state index < -0.39 is 5.97 Å². The van der Waals surface area contributed by atoms with Gasteiger partial charge in [0.05, 0.1) is 6.20 Å². The Morgan fingerprint density at radius 1 is 1.46 bits per heavy atom. The Kier molecular flexibility index (Phi) is 4.59. The highest BCUT2D eigenvalue weighted by molar-refractivity contribution is 5.93. The largest absolute Gasteiger partial charge is 0.476 e. The van der Waals surface area contributed by atoms with Gasteiger partial charge in [0.1, 0.15) is 5.76 Å². The molecule has 9 nitrogen and oxygen atoms in total. The highest BCUT2D eigenvalue weighted by atomic mass is 16.4. The van der Waals surface area contributed by atoms with Crippen LogP contribution in [-0.2, 0) is 13.0 Å². The third-order valence-corrected chi connectivity index (χ3v) is 4.17. The summed E-state index contributed by atoms with van der Waals surface area (Å²) in [6, 6.07) is 0. The van der Waals surface area contributed by atoms with E-state index in [9.17, 15) is 9.59 Å². The van der Waals surface area contributed by atoms with Crippen LogP contribution in [0.15, 0.2) is 17.0 Å². The number of oxazole rings is 1. The van der Waals surface area contributed by atoms with E-state index in [4.69, 9.17) is 9.52 Å². The average molecular weight is 333 g/mol. The first-order valence-corrected chi connectivity index (χ1v) is 7.93. The lowest BCUT2D eigenvalue weighted by Gasteiger charge is -2.32. The standard InChI is InChI=1S/C15H19N5O4/c1-2-12-13(16-9-24-12)14(21)19-5-3-4-10(6-19)7-20-8-11(15(22)23)17-18-20/h8-10H,2-7H2,1H3,(H,22,23)/t10-/m1/s1. The van der Waals surface area contributed by atoms with E-state index >= 15 is 0 Å². The molecule has 1 fully saturated rings. The molecular weight excluding hydrogens is 314 g/mol. The molecule has 3 heterocycles. The van der Waals surface area contributed by atoms with Crippen molar-refractivity contribution in [3.8, 4) is 0 Å². The van der Waals surface area contributed by atoms with Crippen molar-refractivity contribution < 1.29 is 19.1 Å². The number of aromatic nitrogens is 4. The average Bonchev–Trinajstić information content (AvgIpc) is 3.23. The molecule has 24 heavy (non-hydrogen) atoms. The first-order valence-electron chi connectivity index (χ1n) is 7.93. The van der Waals surface area contributed by atoms with Crippen molar-refractivity contribution in [2.75, 3.05) is 13.1 Å². The molecule has 0 bridgehead atoms. The summed E-state index contributed by atoms with van der Waals surface area (Å²) < 4.78 is 6.76. The van der Waals surface area contributed by atoms with Gasteiger partial charge in [-0.1, -0.05) is 12.1 Å². The number of carbonyl (C=O) groups is 2. The first-order chi connectivity index (χ1) is 11.6. The number of hydrogen-bond donors (Lipinski definition) is 1. The Morgan fingerprint density at radius 2 is 2.29 bits per heavy atom. The summed E-state index contributed by atoms with van der Waals surface area (Å²) >= 11 is 0. The molecule has 9 heteroatoms. The van der Waals surface area contributed by atoms with Gasteiger partial charge in [0.2, 0.25) is 0 Å². The number of likely N-dealkylation sites (tertiary alicyclic amines) is 1. The Morgan fingerprint density at radius 3 is 3.00 bits per heavy atom. The molecule has 2 aromatic heterocycles. The molecule has 2 aromatic rings. The minimum atomic E-state index is -1.10. The number of rotatable bonds is 5. The van der Waals surface area contributed by atoms with Crippen molar-refractivity contribution in [3.05, 3.63) is 29.7 Å². The number of amides is 1. The SMILES string of the molecule is CCc1ocnc1C(=O)N1CCC[C@@H](Cn2cc(C(=O)O)nn2)C1. The maximum atomic E-state index is 12.6. The summed E-state index contributed by atoms with van der Waals surface area (Å²) in [5.41, 5.74) is 0.306. The number of hydrogen-bond acceptors (Lipinski definition) is 6. The van der Waals surface area contributed by atoms with Crippen LogP contribution in [-0.4, -0.2) is 55.0 Å². The zero-order valence-electron chi connectivity index (χ0n) is 13.4. The zero-order chi connectivity index (χ0) is 17.1. The molecule has 0 saturated carbocycles. The van der Waals surface area contributed by atoms with Gasteiger partial charge in [0.15, 0.2) is 17.8 Å². The van der Waals surface area contributed by atoms with E-state index in [1.54, 1.807) is 4.90 Å². The second kappa shape index (κ2) is 6.81. The second-order valence-electron chi connectivity index (χ2n) is 5.87. The maximum Gasteiger partial charge on any atom is 0.358 e. The quantitative estimate of drug-likeness (QED) is 0.870. The van der Waals surface area contributed by atoms with Gasteiger partial charge in [-0.25, -0.2) is 9.78 Å².